The van der Waals surface area contributed by atoms with Gasteiger partial charge in [0, 0.05) is 24.4 Å². The molecule has 17 heavy (non-hydrogen) atoms. The van der Waals surface area contributed by atoms with Crippen LogP contribution in [-0.2, 0) is 19.1 Å². The third-order valence-corrected chi connectivity index (χ3v) is 1.97. The van der Waals surface area contributed by atoms with Gasteiger partial charge in [-0.25, -0.2) is 0 Å². The minimum Gasteiger partial charge on any atom is -0.431 e. The van der Waals surface area contributed by atoms with Crippen LogP contribution in [-0.4, -0.2) is 11.9 Å². The van der Waals surface area contributed by atoms with E-state index >= 15 is 0 Å². The van der Waals surface area contributed by atoms with E-state index < -0.39 is 11.9 Å². The Bertz CT molecular complexity index is 448. The van der Waals surface area contributed by atoms with Crippen molar-refractivity contribution in [2.24, 2.45) is 0 Å². The van der Waals surface area contributed by atoms with E-state index in [1.807, 2.05) is 0 Å². The summed E-state index contributed by atoms with van der Waals surface area (Å²) in [5.41, 5.74) is 0.589. The number of esters is 2. The highest BCUT2D eigenvalue weighted by Crippen LogP contribution is 2.19. The molecule has 0 aliphatic carbocycles. The maximum Gasteiger partial charge on any atom is 0.308 e. The average molecular weight is 255 g/mol. The molecule has 0 unspecified atom stereocenters. The Balaban J connectivity index is 2.96. The van der Waals surface area contributed by atoms with Crippen molar-refractivity contribution in [3.8, 4) is 0 Å². The van der Waals surface area contributed by atoms with Crippen LogP contribution in [0.15, 0.2) is 30.5 Å². The predicted octanol–water partition coefficient (Wildman–Crippen LogP) is 2.76. The van der Waals surface area contributed by atoms with Gasteiger partial charge in [-0.05, 0) is 24.3 Å². The van der Waals surface area contributed by atoms with E-state index in [0.29, 0.717) is 10.6 Å². The van der Waals surface area contributed by atoms with Crippen LogP contribution in [0.25, 0.3) is 5.76 Å². The van der Waals surface area contributed by atoms with Crippen LogP contribution in [0.2, 0.25) is 5.02 Å². The lowest BCUT2D eigenvalue weighted by Gasteiger charge is -2.06. The van der Waals surface area contributed by atoms with Crippen LogP contribution in [0.5, 0.6) is 0 Å². The molecular weight excluding hydrogens is 244 g/mol. The zero-order chi connectivity index (χ0) is 12.8. The Morgan fingerprint density at radius 1 is 1.12 bits per heavy atom. The number of ether oxygens (including phenoxy) is 2. The molecule has 0 saturated heterocycles. The summed E-state index contributed by atoms with van der Waals surface area (Å²) in [7, 11) is 0. The number of hydrogen-bond donors (Lipinski definition) is 0. The maximum atomic E-state index is 10.9. The molecule has 1 aromatic carbocycles. The summed E-state index contributed by atoms with van der Waals surface area (Å²) >= 11 is 5.74. The highest BCUT2D eigenvalue weighted by Gasteiger charge is 2.07. The van der Waals surface area contributed by atoms with Gasteiger partial charge in [0.1, 0.15) is 6.26 Å². The molecule has 0 aliphatic heterocycles. The number of carbonyl (C=O) groups is 2. The first-order valence-corrected chi connectivity index (χ1v) is 5.18. The first kappa shape index (κ1) is 13.3. The van der Waals surface area contributed by atoms with Gasteiger partial charge in [0.25, 0.3) is 0 Å². The lowest BCUT2D eigenvalue weighted by molar-refractivity contribution is -0.137. The smallest absolute Gasteiger partial charge is 0.308 e. The summed E-state index contributed by atoms with van der Waals surface area (Å²) < 4.78 is 9.61. The third-order valence-electron chi connectivity index (χ3n) is 1.71. The molecular formula is C12H11ClO4. The topological polar surface area (TPSA) is 52.6 Å². The van der Waals surface area contributed by atoms with Gasteiger partial charge < -0.3 is 9.47 Å². The van der Waals surface area contributed by atoms with Crippen LogP contribution in [0.4, 0.5) is 0 Å². The van der Waals surface area contributed by atoms with Crippen molar-refractivity contribution < 1.29 is 19.1 Å². The van der Waals surface area contributed by atoms with E-state index in [1.54, 1.807) is 24.3 Å². The fourth-order valence-electron chi connectivity index (χ4n) is 1.06. The molecule has 4 nitrogen and oxygen atoms in total. The van der Waals surface area contributed by atoms with E-state index in [9.17, 15) is 9.59 Å². The van der Waals surface area contributed by atoms with Crippen molar-refractivity contribution in [3.63, 3.8) is 0 Å². The number of carbonyl (C=O) groups excluding carboxylic acids is 2. The summed E-state index contributed by atoms with van der Waals surface area (Å²) in [5, 5.41) is 0.559. The molecule has 1 aromatic rings. The Kier molecular flexibility index (Phi) is 4.72. The zero-order valence-corrected chi connectivity index (χ0v) is 10.2. The highest BCUT2D eigenvalue weighted by molar-refractivity contribution is 6.30. The monoisotopic (exact) mass is 254 g/mol. The van der Waals surface area contributed by atoms with Gasteiger partial charge in [-0.3, -0.25) is 9.59 Å². The SMILES string of the molecule is CC(=O)O/C=C(\OC(C)=O)c1ccc(Cl)cc1. The van der Waals surface area contributed by atoms with E-state index in [1.165, 1.54) is 13.8 Å². The molecule has 0 bridgehead atoms. The summed E-state index contributed by atoms with van der Waals surface area (Å²) in [5.74, 6) is -0.841. The Hall–Kier alpha value is -1.81. The fourth-order valence-corrected chi connectivity index (χ4v) is 1.18. The van der Waals surface area contributed by atoms with Gasteiger partial charge in [-0.2, -0.15) is 0 Å². The second-order valence-corrected chi connectivity index (χ2v) is 3.63. The van der Waals surface area contributed by atoms with Crippen molar-refractivity contribution in [2.75, 3.05) is 0 Å². The molecule has 0 heterocycles. The molecule has 5 heteroatoms. The Labute approximate surface area is 104 Å². The summed E-state index contributed by atoms with van der Waals surface area (Å²) in [6, 6.07) is 6.59. The standard InChI is InChI=1S/C12H11ClO4/c1-8(14)16-7-12(17-9(2)15)10-3-5-11(13)6-4-10/h3-7H,1-2H3/b12-7-. The number of halogens is 1. The van der Waals surface area contributed by atoms with E-state index in [4.69, 9.17) is 16.3 Å². The van der Waals surface area contributed by atoms with Crippen LogP contribution in [0.3, 0.4) is 0 Å². The molecule has 0 fully saturated rings. The minimum absolute atomic E-state index is 0.157. The van der Waals surface area contributed by atoms with Crippen molar-refractivity contribution in [1.82, 2.24) is 0 Å². The fraction of sp³-hybridized carbons (Fsp3) is 0.167. The first-order valence-electron chi connectivity index (χ1n) is 4.81. The van der Waals surface area contributed by atoms with Crippen molar-refractivity contribution in [1.29, 1.82) is 0 Å². The molecule has 0 saturated carbocycles. The van der Waals surface area contributed by atoms with Gasteiger partial charge in [-0.1, -0.05) is 11.6 Å². The minimum atomic E-state index is -0.502. The quantitative estimate of drug-likeness (QED) is 0.615. The predicted molar refractivity (Wildman–Crippen MR) is 63.0 cm³/mol. The largest absolute Gasteiger partial charge is 0.431 e. The van der Waals surface area contributed by atoms with Crippen molar-refractivity contribution >= 4 is 29.3 Å². The van der Waals surface area contributed by atoms with Crippen LogP contribution >= 0.6 is 11.6 Å². The second kappa shape index (κ2) is 6.06. The van der Waals surface area contributed by atoms with Gasteiger partial charge in [-0.15, -0.1) is 0 Å². The number of rotatable bonds is 3. The summed E-state index contributed by atoms with van der Waals surface area (Å²) in [6.07, 6.45) is 1.09. The number of hydrogen-bond acceptors (Lipinski definition) is 4. The molecule has 0 aromatic heterocycles. The number of benzene rings is 1. The van der Waals surface area contributed by atoms with Gasteiger partial charge >= 0.3 is 11.9 Å². The zero-order valence-electron chi connectivity index (χ0n) is 9.40. The third kappa shape index (κ3) is 4.70. The van der Waals surface area contributed by atoms with E-state index in [0.717, 1.165) is 6.26 Å². The lowest BCUT2D eigenvalue weighted by atomic mass is 10.2. The van der Waals surface area contributed by atoms with Crippen molar-refractivity contribution in [3.05, 3.63) is 41.1 Å². The summed E-state index contributed by atoms with van der Waals surface area (Å²) in [4.78, 5) is 21.6. The van der Waals surface area contributed by atoms with Gasteiger partial charge in [0.15, 0.2) is 5.76 Å². The van der Waals surface area contributed by atoms with E-state index in [-0.39, 0.29) is 5.76 Å². The molecule has 0 amide bonds. The molecule has 0 atom stereocenters. The van der Waals surface area contributed by atoms with Crippen LogP contribution < -0.4 is 0 Å². The second-order valence-electron chi connectivity index (χ2n) is 3.19. The first-order chi connectivity index (χ1) is 7.99. The summed E-state index contributed by atoms with van der Waals surface area (Å²) in [6.45, 7) is 2.52. The van der Waals surface area contributed by atoms with Crippen LogP contribution in [0, 0.1) is 0 Å². The van der Waals surface area contributed by atoms with Gasteiger partial charge in [0.05, 0.1) is 0 Å². The molecule has 0 spiro atoms. The molecule has 90 valence electrons. The van der Waals surface area contributed by atoms with Crippen molar-refractivity contribution in [2.45, 2.75) is 13.8 Å². The highest BCUT2D eigenvalue weighted by atomic mass is 35.5. The average Bonchev–Trinajstić information content (AvgIpc) is 2.25. The normalized spacial score (nSPS) is 10.9. The van der Waals surface area contributed by atoms with Crippen LogP contribution in [0.1, 0.15) is 19.4 Å². The Morgan fingerprint density at radius 2 is 1.71 bits per heavy atom. The molecule has 0 aliphatic rings. The molecule has 1 rings (SSSR count). The molecule has 0 radical (unpaired) electrons. The van der Waals surface area contributed by atoms with E-state index in [2.05, 4.69) is 4.74 Å². The maximum absolute atomic E-state index is 10.9. The molecule has 0 N–H and O–H groups in total. The lowest BCUT2D eigenvalue weighted by Crippen LogP contribution is -2.00. The van der Waals surface area contributed by atoms with Gasteiger partial charge in [0.2, 0.25) is 0 Å². The Morgan fingerprint density at radius 3 is 2.18 bits per heavy atom.